The van der Waals surface area contributed by atoms with Crippen molar-refractivity contribution in [3.8, 4) is 0 Å². The van der Waals surface area contributed by atoms with Crippen LogP contribution in [0.1, 0.15) is 24.4 Å². The maximum atomic E-state index is 9.22. The van der Waals surface area contributed by atoms with Gasteiger partial charge in [0.05, 0.1) is 12.6 Å². The monoisotopic (exact) mass is 192 g/mol. The molecule has 1 aliphatic carbocycles. The number of hydrogen-bond donors (Lipinski definition) is 2. The Morgan fingerprint density at radius 3 is 3.00 bits per heavy atom. The van der Waals surface area contributed by atoms with Gasteiger partial charge in [0.15, 0.2) is 0 Å². The highest BCUT2D eigenvalue weighted by Gasteiger charge is 2.22. The number of aromatic nitrogens is 1. The van der Waals surface area contributed by atoms with Crippen molar-refractivity contribution >= 4 is 0 Å². The Hall–Kier alpha value is -0.930. The van der Waals surface area contributed by atoms with Crippen molar-refractivity contribution in [1.29, 1.82) is 0 Å². The average Bonchev–Trinajstić information content (AvgIpc) is 3.04. The second-order valence-corrected chi connectivity index (χ2v) is 3.87. The zero-order valence-corrected chi connectivity index (χ0v) is 8.19. The zero-order valence-electron chi connectivity index (χ0n) is 8.19. The molecule has 0 aromatic carbocycles. The highest BCUT2D eigenvalue weighted by molar-refractivity contribution is 5.13. The standard InChI is InChI=1S/C11H16N2O/c14-8-11(13-6-9-3-4-9)10-2-1-5-12-7-10/h1-2,5,7,9,11,13-14H,3-4,6,8H2. The van der Waals surface area contributed by atoms with Gasteiger partial charge in [0, 0.05) is 12.4 Å². The maximum Gasteiger partial charge on any atom is 0.0627 e. The highest BCUT2D eigenvalue weighted by Crippen LogP contribution is 2.28. The summed E-state index contributed by atoms with van der Waals surface area (Å²) in [6.07, 6.45) is 6.22. The van der Waals surface area contributed by atoms with Crippen LogP contribution in [-0.4, -0.2) is 23.2 Å². The van der Waals surface area contributed by atoms with E-state index in [1.165, 1.54) is 12.8 Å². The van der Waals surface area contributed by atoms with Crippen LogP contribution in [0, 0.1) is 5.92 Å². The average molecular weight is 192 g/mol. The molecule has 0 radical (unpaired) electrons. The van der Waals surface area contributed by atoms with Gasteiger partial charge in [-0.25, -0.2) is 0 Å². The third kappa shape index (κ3) is 2.53. The Bertz CT molecular complexity index is 272. The molecule has 2 N–H and O–H groups in total. The van der Waals surface area contributed by atoms with E-state index in [2.05, 4.69) is 10.3 Å². The fraction of sp³-hybridized carbons (Fsp3) is 0.545. The predicted molar refractivity (Wildman–Crippen MR) is 54.8 cm³/mol. The summed E-state index contributed by atoms with van der Waals surface area (Å²) in [7, 11) is 0. The van der Waals surface area contributed by atoms with E-state index in [1.807, 2.05) is 12.1 Å². The van der Waals surface area contributed by atoms with E-state index in [0.717, 1.165) is 18.0 Å². The van der Waals surface area contributed by atoms with E-state index < -0.39 is 0 Å². The van der Waals surface area contributed by atoms with Crippen molar-refractivity contribution in [3.63, 3.8) is 0 Å². The molecule has 1 fully saturated rings. The summed E-state index contributed by atoms with van der Waals surface area (Å²) in [5.41, 5.74) is 1.07. The minimum atomic E-state index is 0.0456. The number of aliphatic hydroxyl groups is 1. The molecule has 3 nitrogen and oxygen atoms in total. The molecule has 76 valence electrons. The van der Waals surface area contributed by atoms with Crippen molar-refractivity contribution in [3.05, 3.63) is 30.1 Å². The largest absolute Gasteiger partial charge is 0.394 e. The van der Waals surface area contributed by atoms with Crippen LogP contribution < -0.4 is 5.32 Å². The first-order chi connectivity index (χ1) is 6.90. The first-order valence-electron chi connectivity index (χ1n) is 5.14. The van der Waals surface area contributed by atoms with Crippen LogP contribution in [0.3, 0.4) is 0 Å². The zero-order chi connectivity index (χ0) is 9.80. The van der Waals surface area contributed by atoms with Crippen molar-refractivity contribution in [2.45, 2.75) is 18.9 Å². The predicted octanol–water partition coefficient (Wildman–Crippen LogP) is 1.11. The second kappa shape index (κ2) is 4.53. The summed E-state index contributed by atoms with van der Waals surface area (Å²) in [5.74, 6) is 0.834. The molecule has 1 atom stereocenters. The molecule has 3 heteroatoms. The van der Waals surface area contributed by atoms with Gasteiger partial charge in [0.25, 0.3) is 0 Å². The molecular weight excluding hydrogens is 176 g/mol. The Kier molecular flexibility index (Phi) is 3.11. The Balaban J connectivity index is 1.90. The SMILES string of the molecule is OCC(NCC1CC1)c1cccnc1. The third-order valence-corrected chi connectivity index (χ3v) is 2.62. The van der Waals surface area contributed by atoms with Crippen molar-refractivity contribution in [2.24, 2.45) is 5.92 Å². The number of nitrogens with one attached hydrogen (secondary N) is 1. The summed E-state index contributed by atoms with van der Waals surface area (Å²) < 4.78 is 0. The number of aliphatic hydroxyl groups excluding tert-OH is 1. The lowest BCUT2D eigenvalue weighted by atomic mass is 10.1. The maximum absolute atomic E-state index is 9.22. The summed E-state index contributed by atoms with van der Waals surface area (Å²) in [5, 5.41) is 12.6. The fourth-order valence-electron chi connectivity index (χ4n) is 1.50. The number of pyridine rings is 1. The molecule has 0 amide bonds. The van der Waals surface area contributed by atoms with Gasteiger partial charge in [0.2, 0.25) is 0 Å². The van der Waals surface area contributed by atoms with Crippen molar-refractivity contribution in [1.82, 2.24) is 10.3 Å². The van der Waals surface area contributed by atoms with E-state index in [0.29, 0.717) is 0 Å². The molecule has 1 saturated carbocycles. The van der Waals surface area contributed by atoms with Crippen LogP contribution in [0.4, 0.5) is 0 Å². The molecule has 14 heavy (non-hydrogen) atoms. The molecule has 1 aromatic rings. The van der Waals surface area contributed by atoms with Crippen LogP contribution in [0.15, 0.2) is 24.5 Å². The first kappa shape index (κ1) is 9.62. The third-order valence-electron chi connectivity index (χ3n) is 2.62. The van der Waals surface area contributed by atoms with Gasteiger partial charge < -0.3 is 10.4 Å². The first-order valence-corrected chi connectivity index (χ1v) is 5.14. The van der Waals surface area contributed by atoms with E-state index in [-0.39, 0.29) is 12.6 Å². The van der Waals surface area contributed by atoms with Gasteiger partial charge in [-0.15, -0.1) is 0 Å². The molecule has 1 unspecified atom stereocenters. The Morgan fingerprint density at radius 2 is 2.43 bits per heavy atom. The van der Waals surface area contributed by atoms with Crippen LogP contribution in [0.25, 0.3) is 0 Å². The van der Waals surface area contributed by atoms with E-state index in [4.69, 9.17) is 0 Å². The van der Waals surface area contributed by atoms with Gasteiger partial charge in [0.1, 0.15) is 0 Å². The molecule has 0 aliphatic heterocycles. The minimum absolute atomic E-state index is 0.0456. The van der Waals surface area contributed by atoms with E-state index in [9.17, 15) is 5.11 Å². The smallest absolute Gasteiger partial charge is 0.0627 e. The normalized spacial score (nSPS) is 18.1. The molecular formula is C11H16N2O. The van der Waals surface area contributed by atoms with Gasteiger partial charge in [-0.05, 0) is 36.9 Å². The lowest BCUT2D eigenvalue weighted by Crippen LogP contribution is -2.26. The lowest BCUT2D eigenvalue weighted by Gasteiger charge is -2.15. The minimum Gasteiger partial charge on any atom is -0.394 e. The van der Waals surface area contributed by atoms with Crippen LogP contribution in [0.5, 0.6) is 0 Å². The summed E-state index contributed by atoms with van der Waals surface area (Å²) in [6.45, 7) is 1.15. The van der Waals surface area contributed by atoms with Crippen LogP contribution in [-0.2, 0) is 0 Å². The molecule has 1 aliphatic rings. The molecule has 0 saturated heterocycles. The van der Waals surface area contributed by atoms with E-state index >= 15 is 0 Å². The summed E-state index contributed by atoms with van der Waals surface area (Å²) in [4.78, 5) is 4.05. The fourth-order valence-corrected chi connectivity index (χ4v) is 1.50. The number of rotatable bonds is 5. The van der Waals surface area contributed by atoms with Crippen molar-refractivity contribution in [2.75, 3.05) is 13.2 Å². The van der Waals surface area contributed by atoms with Crippen LogP contribution >= 0.6 is 0 Å². The van der Waals surface area contributed by atoms with E-state index in [1.54, 1.807) is 12.4 Å². The van der Waals surface area contributed by atoms with Gasteiger partial charge >= 0.3 is 0 Å². The summed E-state index contributed by atoms with van der Waals surface area (Å²) >= 11 is 0. The van der Waals surface area contributed by atoms with Crippen molar-refractivity contribution < 1.29 is 5.11 Å². The van der Waals surface area contributed by atoms with Gasteiger partial charge in [-0.3, -0.25) is 4.98 Å². The highest BCUT2D eigenvalue weighted by atomic mass is 16.3. The number of hydrogen-bond acceptors (Lipinski definition) is 3. The molecule has 0 bridgehead atoms. The van der Waals surface area contributed by atoms with Gasteiger partial charge in [-0.1, -0.05) is 6.07 Å². The quantitative estimate of drug-likeness (QED) is 0.734. The molecule has 0 spiro atoms. The molecule has 2 rings (SSSR count). The Morgan fingerprint density at radius 1 is 1.57 bits per heavy atom. The second-order valence-electron chi connectivity index (χ2n) is 3.87. The number of nitrogens with zero attached hydrogens (tertiary/aromatic N) is 1. The molecule has 1 heterocycles. The van der Waals surface area contributed by atoms with Crippen LogP contribution in [0.2, 0.25) is 0 Å². The lowest BCUT2D eigenvalue weighted by molar-refractivity contribution is 0.243. The summed E-state index contributed by atoms with van der Waals surface area (Å²) in [6, 6.07) is 3.94. The molecule has 1 aromatic heterocycles. The Labute approximate surface area is 84.2 Å². The van der Waals surface area contributed by atoms with Gasteiger partial charge in [-0.2, -0.15) is 0 Å². The topological polar surface area (TPSA) is 45.1 Å².